The predicted molar refractivity (Wildman–Crippen MR) is 54.3 cm³/mol. The number of rotatable bonds is 4. The van der Waals surface area contributed by atoms with Gasteiger partial charge in [0, 0.05) is 25.2 Å². The molecule has 1 rings (SSSR count). The van der Waals surface area contributed by atoms with Gasteiger partial charge in [0.05, 0.1) is 6.10 Å². The second kappa shape index (κ2) is 4.97. The molecule has 1 aromatic rings. The van der Waals surface area contributed by atoms with Crippen molar-refractivity contribution < 1.29 is 15.0 Å². The molecule has 0 aromatic carbocycles. The molecule has 0 aliphatic heterocycles. The monoisotopic (exact) mass is 210 g/mol. The maximum atomic E-state index is 10.9. The number of nitrogens with zero attached hydrogens (tertiary/aromatic N) is 1. The lowest BCUT2D eigenvalue weighted by Gasteiger charge is -2.15. The maximum Gasteiger partial charge on any atom is 0.178 e. The second-order valence-corrected chi connectivity index (χ2v) is 3.28. The summed E-state index contributed by atoms with van der Waals surface area (Å²) in [6.07, 6.45) is -0.723. The van der Waals surface area contributed by atoms with E-state index in [1.54, 1.807) is 6.07 Å². The Labute approximate surface area is 87.6 Å². The Morgan fingerprint density at radius 3 is 2.60 bits per heavy atom. The standard InChI is InChI=1S/C10H14N2O3/c1-6(13)8-3-2-7(5-12-8)10(15)9(14)4-11/h2-3,5,9-10,14-15H,4,11H2,1H3. The van der Waals surface area contributed by atoms with Crippen molar-refractivity contribution in [3.63, 3.8) is 0 Å². The van der Waals surface area contributed by atoms with E-state index < -0.39 is 12.2 Å². The summed E-state index contributed by atoms with van der Waals surface area (Å²) < 4.78 is 0. The highest BCUT2D eigenvalue weighted by Crippen LogP contribution is 2.15. The minimum absolute atomic E-state index is 0.0321. The highest BCUT2D eigenvalue weighted by atomic mass is 16.3. The predicted octanol–water partition coefficient (Wildman–Crippen LogP) is -0.363. The van der Waals surface area contributed by atoms with Crippen LogP contribution in [-0.4, -0.2) is 33.6 Å². The summed E-state index contributed by atoms with van der Waals surface area (Å²) in [6.45, 7) is 1.38. The van der Waals surface area contributed by atoms with Crippen LogP contribution in [0, 0.1) is 0 Å². The van der Waals surface area contributed by atoms with Crippen molar-refractivity contribution in [2.45, 2.75) is 19.1 Å². The van der Waals surface area contributed by atoms with Crippen molar-refractivity contribution in [2.75, 3.05) is 6.54 Å². The molecule has 0 saturated heterocycles. The van der Waals surface area contributed by atoms with Crippen LogP contribution in [0.5, 0.6) is 0 Å². The van der Waals surface area contributed by atoms with Gasteiger partial charge in [0.25, 0.3) is 0 Å². The van der Waals surface area contributed by atoms with Crippen LogP contribution >= 0.6 is 0 Å². The zero-order chi connectivity index (χ0) is 11.4. The average Bonchev–Trinajstić information content (AvgIpc) is 2.27. The van der Waals surface area contributed by atoms with E-state index in [-0.39, 0.29) is 12.3 Å². The van der Waals surface area contributed by atoms with Crippen LogP contribution in [-0.2, 0) is 0 Å². The highest BCUT2D eigenvalue weighted by Gasteiger charge is 2.17. The largest absolute Gasteiger partial charge is 0.389 e. The molecule has 0 amide bonds. The zero-order valence-corrected chi connectivity index (χ0v) is 8.42. The first-order valence-electron chi connectivity index (χ1n) is 4.59. The summed E-state index contributed by atoms with van der Waals surface area (Å²) >= 11 is 0. The topological polar surface area (TPSA) is 96.4 Å². The van der Waals surface area contributed by atoms with E-state index in [0.29, 0.717) is 11.3 Å². The lowest BCUT2D eigenvalue weighted by molar-refractivity contribution is 0.0241. The SMILES string of the molecule is CC(=O)c1ccc(C(O)C(O)CN)cn1. The van der Waals surface area contributed by atoms with Crippen LogP contribution in [0.25, 0.3) is 0 Å². The molecule has 1 heterocycles. The number of carbonyl (C=O) groups excluding carboxylic acids is 1. The van der Waals surface area contributed by atoms with Gasteiger partial charge in [0.15, 0.2) is 5.78 Å². The van der Waals surface area contributed by atoms with Crippen LogP contribution in [0.3, 0.4) is 0 Å². The van der Waals surface area contributed by atoms with Crippen molar-refractivity contribution >= 4 is 5.78 Å². The Balaban J connectivity index is 2.84. The van der Waals surface area contributed by atoms with Gasteiger partial charge in [0.2, 0.25) is 0 Å². The molecule has 82 valence electrons. The highest BCUT2D eigenvalue weighted by molar-refractivity contribution is 5.91. The van der Waals surface area contributed by atoms with Gasteiger partial charge >= 0.3 is 0 Å². The number of pyridine rings is 1. The van der Waals surface area contributed by atoms with Crippen molar-refractivity contribution in [2.24, 2.45) is 5.73 Å². The molecule has 15 heavy (non-hydrogen) atoms. The summed E-state index contributed by atoms with van der Waals surface area (Å²) in [5, 5.41) is 18.9. The summed E-state index contributed by atoms with van der Waals surface area (Å²) in [7, 11) is 0. The molecule has 0 fully saturated rings. The zero-order valence-electron chi connectivity index (χ0n) is 8.42. The number of ketones is 1. The Morgan fingerprint density at radius 1 is 1.53 bits per heavy atom. The number of nitrogens with two attached hydrogens (primary N) is 1. The van der Waals surface area contributed by atoms with Crippen molar-refractivity contribution in [1.82, 2.24) is 4.98 Å². The third-order valence-corrected chi connectivity index (χ3v) is 2.09. The Hall–Kier alpha value is -1.30. The first-order chi connectivity index (χ1) is 7.06. The van der Waals surface area contributed by atoms with E-state index in [1.807, 2.05) is 0 Å². The Kier molecular flexibility index (Phi) is 3.90. The van der Waals surface area contributed by atoms with Crippen LogP contribution in [0.15, 0.2) is 18.3 Å². The van der Waals surface area contributed by atoms with Crippen molar-refractivity contribution in [3.8, 4) is 0 Å². The first-order valence-corrected chi connectivity index (χ1v) is 4.59. The molecular formula is C10H14N2O3. The third kappa shape index (κ3) is 2.82. The molecule has 0 aliphatic carbocycles. The summed E-state index contributed by atoms with van der Waals surface area (Å²) in [6, 6.07) is 3.05. The molecule has 5 heteroatoms. The fourth-order valence-corrected chi connectivity index (χ4v) is 1.14. The Bertz CT molecular complexity index is 337. The number of hydrogen-bond acceptors (Lipinski definition) is 5. The number of hydrogen-bond donors (Lipinski definition) is 3. The summed E-state index contributed by atoms with van der Waals surface area (Å²) in [4.78, 5) is 14.8. The van der Waals surface area contributed by atoms with Gasteiger partial charge in [0.1, 0.15) is 11.8 Å². The number of aromatic nitrogens is 1. The second-order valence-electron chi connectivity index (χ2n) is 3.28. The van der Waals surface area contributed by atoms with Gasteiger partial charge in [-0.25, -0.2) is 0 Å². The van der Waals surface area contributed by atoms with Gasteiger partial charge in [-0.15, -0.1) is 0 Å². The van der Waals surface area contributed by atoms with Crippen molar-refractivity contribution in [3.05, 3.63) is 29.6 Å². The average molecular weight is 210 g/mol. The molecule has 0 bridgehead atoms. The van der Waals surface area contributed by atoms with E-state index in [4.69, 9.17) is 5.73 Å². The van der Waals surface area contributed by atoms with Crippen molar-refractivity contribution in [1.29, 1.82) is 0 Å². The lowest BCUT2D eigenvalue weighted by atomic mass is 10.1. The molecule has 4 N–H and O–H groups in total. The minimum Gasteiger partial charge on any atom is -0.389 e. The van der Waals surface area contributed by atoms with Gasteiger partial charge in [-0.05, 0) is 6.07 Å². The molecule has 0 saturated carbocycles. The fourth-order valence-electron chi connectivity index (χ4n) is 1.14. The van der Waals surface area contributed by atoms with Crippen LogP contribution < -0.4 is 5.73 Å². The molecule has 5 nitrogen and oxygen atoms in total. The Morgan fingerprint density at radius 2 is 2.20 bits per heavy atom. The van der Waals surface area contributed by atoms with E-state index in [9.17, 15) is 15.0 Å². The number of aliphatic hydroxyl groups excluding tert-OH is 2. The molecule has 0 spiro atoms. The molecule has 2 atom stereocenters. The molecule has 0 radical (unpaired) electrons. The maximum absolute atomic E-state index is 10.9. The fraction of sp³-hybridized carbons (Fsp3) is 0.400. The lowest BCUT2D eigenvalue weighted by Crippen LogP contribution is -2.27. The number of aliphatic hydroxyl groups is 2. The first kappa shape index (κ1) is 11.8. The molecule has 0 aliphatic rings. The van der Waals surface area contributed by atoms with Gasteiger partial charge in [-0.3, -0.25) is 9.78 Å². The van der Waals surface area contributed by atoms with Gasteiger partial charge in [-0.2, -0.15) is 0 Å². The quantitative estimate of drug-likeness (QED) is 0.589. The van der Waals surface area contributed by atoms with Gasteiger partial charge in [-0.1, -0.05) is 6.07 Å². The number of Topliss-reactive ketones (excluding diaryl/α,β-unsaturated/α-hetero) is 1. The number of carbonyl (C=O) groups is 1. The van der Waals surface area contributed by atoms with E-state index in [0.717, 1.165) is 0 Å². The third-order valence-electron chi connectivity index (χ3n) is 2.09. The summed E-state index contributed by atoms with van der Waals surface area (Å²) in [5.74, 6) is -0.143. The molecule has 1 aromatic heterocycles. The molecule has 2 unspecified atom stereocenters. The normalized spacial score (nSPS) is 14.7. The molecular weight excluding hydrogens is 196 g/mol. The van der Waals surface area contributed by atoms with E-state index >= 15 is 0 Å². The van der Waals surface area contributed by atoms with Crippen LogP contribution in [0.1, 0.15) is 29.1 Å². The van der Waals surface area contributed by atoms with Crippen LogP contribution in [0.2, 0.25) is 0 Å². The van der Waals surface area contributed by atoms with Crippen LogP contribution in [0.4, 0.5) is 0 Å². The smallest absolute Gasteiger partial charge is 0.178 e. The van der Waals surface area contributed by atoms with Gasteiger partial charge < -0.3 is 15.9 Å². The van der Waals surface area contributed by atoms with E-state index in [1.165, 1.54) is 19.2 Å². The van der Waals surface area contributed by atoms with E-state index in [2.05, 4.69) is 4.98 Å². The summed E-state index contributed by atoms with van der Waals surface area (Å²) in [5.41, 5.74) is 5.97. The minimum atomic E-state index is -1.07.